The van der Waals surface area contributed by atoms with Crippen LogP contribution in [0.15, 0.2) is 24.3 Å². The molecule has 3 aliphatic rings. The van der Waals surface area contributed by atoms with Crippen LogP contribution in [0.1, 0.15) is 45.4 Å². The molecule has 1 aliphatic carbocycles. The van der Waals surface area contributed by atoms with E-state index in [1.165, 1.54) is 4.90 Å². The Morgan fingerprint density at radius 1 is 1.10 bits per heavy atom. The molecule has 0 atom stereocenters. The van der Waals surface area contributed by atoms with E-state index in [9.17, 15) is 14.4 Å². The first-order valence-corrected chi connectivity index (χ1v) is 11.5. The predicted molar refractivity (Wildman–Crippen MR) is 120 cm³/mol. The molecule has 3 fully saturated rings. The van der Waals surface area contributed by atoms with Gasteiger partial charge in [-0.25, -0.2) is 4.79 Å². The molecule has 1 aromatic rings. The van der Waals surface area contributed by atoms with E-state index in [0.717, 1.165) is 69.8 Å². The van der Waals surface area contributed by atoms with Crippen LogP contribution in [0.5, 0.6) is 0 Å². The zero-order valence-electron chi connectivity index (χ0n) is 18.4. The van der Waals surface area contributed by atoms with E-state index in [0.29, 0.717) is 6.42 Å². The lowest BCUT2D eigenvalue weighted by Crippen LogP contribution is -2.46. The zero-order chi connectivity index (χ0) is 21.8. The number of urea groups is 1. The van der Waals surface area contributed by atoms with Gasteiger partial charge in [0.25, 0.3) is 5.91 Å². The summed E-state index contributed by atoms with van der Waals surface area (Å²) in [6.45, 7) is 7.43. The van der Waals surface area contributed by atoms with Crippen molar-refractivity contribution in [1.29, 1.82) is 0 Å². The molecule has 1 saturated carbocycles. The Morgan fingerprint density at radius 2 is 1.81 bits per heavy atom. The molecular formula is C23H33N5O3. The molecule has 168 valence electrons. The second-order valence-corrected chi connectivity index (χ2v) is 8.77. The van der Waals surface area contributed by atoms with Crippen LogP contribution in [0.2, 0.25) is 0 Å². The molecule has 4 amide bonds. The minimum Gasteiger partial charge on any atom is -0.367 e. The second kappa shape index (κ2) is 9.26. The number of benzene rings is 1. The first kappa shape index (κ1) is 21.6. The molecule has 8 heteroatoms. The van der Waals surface area contributed by atoms with Crippen molar-refractivity contribution < 1.29 is 14.4 Å². The number of hydrogen-bond acceptors (Lipinski definition) is 5. The van der Waals surface area contributed by atoms with Crippen LogP contribution in [0.25, 0.3) is 0 Å². The number of amides is 4. The largest absolute Gasteiger partial charge is 0.367 e. The number of piperazine rings is 1. The third-order valence-corrected chi connectivity index (χ3v) is 6.83. The monoisotopic (exact) mass is 427 g/mol. The number of imide groups is 1. The summed E-state index contributed by atoms with van der Waals surface area (Å²) in [4.78, 5) is 43.6. The SMILES string of the molecule is CCN1CCN(c2ccccc2NC(=O)CCCN2C(=O)NC3(CCCC3)C2=O)CC1. The lowest BCUT2D eigenvalue weighted by molar-refractivity contribution is -0.131. The quantitative estimate of drug-likeness (QED) is 0.653. The predicted octanol–water partition coefficient (Wildman–Crippen LogP) is 2.41. The Morgan fingerprint density at radius 3 is 2.52 bits per heavy atom. The molecule has 1 aromatic carbocycles. The van der Waals surface area contributed by atoms with Gasteiger partial charge in [-0.3, -0.25) is 14.5 Å². The van der Waals surface area contributed by atoms with E-state index < -0.39 is 5.54 Å². The van der Waals surface area contributed by atoms with Crippen molar-refractivity contribution in [3.8, 4) is 0 Å². The first-order valence-electron chi connectivity index (χ1n) is 11.5. The minimum atomic E-state index is -0.680. The van der Waals surface area contributed by atoms with E-state index in [4.69, 9.17) is 0 Å². The molecule has 1 spiro atoms. The van der Waals surface area contributed by atoms with Crippen LogP contribution in [0, 0.1) is 0 Å². The number of nitrogens with one attached hydrogen (secondary N) is 2. The van der Waals surface area contributed by atoms with E-state index in [1.54, 1.807) is 0 Å². The standard InChI is InChI=1S/C23H33N5O3/c1-2-26-14-16-27(17-15-26)19-9-4-3-8-18(19)24-20(29)10-7-13-28-21(30)23(25-22(28)31)11-5-6-12-23/h3-4,8-9H,2,5-7,10-17H2,1H3,(H,24,29)(H,25,31). The Bertz CT molecular complexity index is 828. The Kier molecular flexibility index (Phi) is 6.46. The molecule has 31 heavy (non-hydrogen) atoms. The number of carbonyl (C=O) groups is 3. The fourth-order valence-corrected chi connectivity index (χ4v) is 4.97. The molecule has 2 N–H and O–H groups in total. The van der Waals surface area contributed by atoms with Crippen LogP contribution < -0.4 is 15.5 Å². The summed E-state index contributed by atoms with van der Waals surface area (Å²) in [5.41, 5.74) is 1.18. The summed E-state index contributed by atoms with van der Waals surface area (Å²) < 4.78 is 0. The van der Waals surface area contributed by atoms with Gasteiger partial charge in [-0.2, -0.15) is 0 Å². The van der Waals surface area contributed by atoms with Gasteiger partial charge >= 0.3 is 6.03 Å². The molecule has 0 aromatic heterocycles. The van der Waals surface area contributed by atoms with Gasteiger partial charge in [-0.1, -0.05) is 31.9 Å². The first-order chi connectivity index (χ1) is 15.0. The summed E-state index contributed by atoms with van der Waals surface area (Å²) in [7, 11) is 0. The van der Waals surface area contributed by atoms with Gasteiger partial charge in [-0.05, 0) is 37.9 Å². The zero-order valence-corrected chi connectivity index (χ0v) is 18.4. The van der Waals surface area contributed by atoms with Crippen molar-refractivity contribution in [3.63, 3.8) is 0 Å². The molecule has 2 aliphatic heterocycles. The topological polar surface area (TPSA) is 85.0 Å². The second-order valence-electron chi connectivity index (χ2n) is 8.77. The number of rotatable bonds is 7. The Labute approximate surface area is 183 Å². The Balaban J connectivity index is 1.29. The smallest absolute Gasteiger partial charge is 0.325 e. The van der Waals surface area contributed by atoms with Crippen LogP contribution in [0.4, 0.5) is 16.2 Å². The number of anilines is 2. The fraction of sp³-hybridized carbons (Fsp3) is 0.609. The van der Waals surface area contributed by atoms with Crippen molar-refractivity contribution in [2.24, 2.45) is 0 Å². The van der Waals surface area contributed by atoms with Crippen LogP contribution in [-0.4, -0.2) is 72.5 Å². The number of likely N-dealkylation sites (N-methyl/N-ethyl adjacent to an activating group) is 1. The third kappa shape index (κ3) is 4.54. The average Bonchev–Trinajstić information content (AvgIpc) is 3.34. The molecule has 0 unspecified atom stereocenters. The number of carbonyl (C=O) groups excluding carboxylic acids is 3. The molecule has 2 saturated heterocycles. The van der Waals surface area contributed by atoms with E-state index in [-0.39, 0.29) is 30.8 Å². The van der Waals surface area contributed by atoms with E-state index >= 15 is 0 Å². The van der Waals surface area contributed by atoms with Crippen molar-refractivity contribution in [2.75, 3.05) is 49.5 Å². The van der Waals surface area contributed by atoms with Gasteiger partial charge in [0.1, 0.15) is 5.54 Å². The van der Waals surface area contributed by atoms with E-state index in [2.05, 4.69) is 27.4 Å². The highest BCUT2D eigenvalue weighted by Crippen LogP contribution is 2.35. The summed E-state index contributed by atoms with van der Waals surface area (Å²) in [6.07, 6.45) is 4.10. The van der Waals surface area contributed by atoms with Gasteiger partial charge in [0.2, 0.25) is 5.91 Å². The van der Waals surface area contributed by atoms with Gasteiger partial charge < -0.3 is 20.4 Å². The minimum absolute atomic E-state index is 0.0951. The maximum absolute atomic E-state index is 12.7. The summed E-state index contributed by atoms with van der Waals surface area (Å²) in [6, 6.07) is 7.58. The highest BCUT2D eigenvalue weighted by Gasteiger charge is 2.52. The van der Waals surface area contributed by atoms with Crippen molar-refractivity contribution in [1.82, 2.24) is 15.1 Å². The van der Waals surface area contributed by atoms with Gasteiger partial charge in [0.15, 0.2) is 0 Å². The summed E-state index contributed by atoms with van der Waals surface area (Å²) in [5, 5.41) is 5.92. The highest BCUT2D eigenvalue weighted by molar-refractivity contribution is 6.07. The van der Waals surface area contributed by atoms with Crippen LogP contribution in [-0.2, 0) is 9.59 Å². The fourth-order valence-electron chi connectivity index (χ4n) is 4.97. The Hall–Kier alpha value is -2.61. The highest BCUT2D eigenvalue weighted by atomic mass is 16.2. The molecule has 2 heterocycles. The maximum atomic E-state index is 12.7. The molecular weight excluding hydrogens is 394 g/mol. The summed E-state index contributed by atoms with van der Waals surface area (Å²) >= 11 is 0. The van der Waals surface area contributed by atoms with Gasteiger partial charge in [0.05, 0.1) is 11.4 Å². The number of hydrogen-bond donors (Lipinski definition) is 2. The van der Waals surface area contributed by atoms with Crippen molar-refractivity contribution in [2.45, 2.75) is 51.0 Å². The lowest BCUT2D eigenvalue weighted by Gasteiger charge is -2.36. The third-order valence-electron chi connectivity index (χ3n) is 6.83. The number of nitrogens with zero attached hydrogens (tertiary/aromatic N) is 3. The van der Waals surface area contributed by atoms with Crippen LogP contribution >= 0.6 is 0 Å². The number of para-hydroxylation sites is 2. The average molecular weight is 428 g/mol. The molecule has 8 nitrogen and oxygen atoms in total. The molecule has 4 rings (SSSR count). The molecule has 0 radical (unpaired) electrons. The summed E-state index contributed by atoms with van der Waals surface area (Å²) in [5.74, 6) is -0.214. The van der Waals surface area contributed by atoms with Crippen molar-refractivity contribution >= 4 is 29.2 Å². The van der Waals surface area contributed by atoms with Gasteiger partial charge in [-0.15, -0.1) is 0 Å². The van der Waals surface area contributed by atoms with Crippen LogP contribution in [0.3, 0.4) is 0 Å². The van der Waals surface area contributed by atoms with Gasteiger partial charge in [0, 0.05) is 39.1 Å². The van der Waals surface area contributed by atoms with E-state index in [1.807, 2.05) is 24.3 Å². The van der Waals surface area contributed by atoms with Crippen molar-refractivity contribution in [3.05, 3.63) is 24.3 Å². The lowest BCUT2D eigenvalue weighted by atomic mass is 9.98. The molecule has 0 bridgehead atoms. The normalized spacial score (nSPS) is 21.1. The maximum Gasteiger partial charge on any atom is 0.325 e.